The lowest BCUT2D eigenvalue weighted by molar-refractivity contribution is 0.297. The van der Waals surface area contributed by atoms with Crippen LogP contribution in [0.2, 0.25) is 0 Å². The van der Waals surface area contributed by atoms with Crippen molar-refractivity contribution in [2.75, 3.05) is 0 Å². The molecule has 1 aromatic rings. The fourth-order valence-corrected chi connectivity index (χ4v) is 0.930. The Morgan fingerprint density at radius 3 is 2.42 bits per heavy atom. The van der Waals surface area contributed by atoms with Gasteiger partial charge in [-0.3, -0.25) is 8.74 Å². The van der Waals surface area contributed by atoms with Crippen molar-refractivity contribution in [2.45, 2.75) is 6.61 Å². The smallest absolute Gasteiger partial charge is 0.302 e. The van der Waals surface area contributed by atoms with Gasteiger partial charge in [0.1, 0.15) is 0 Å². The summed E-state index contributed by atoms with van der Waals surface area (Å²) < 4.78 is 22.8. The summed E-state index contributed by atoms with van der Waals surface area (Å²) in [6.45, 7) is 0.171. The molecule has 0 heterocycles. The van der Waals surface area contributed by atoms with Crippen molar-refractivity contribution in [1.82, 2.24) is 6.15 Å². The van der Waals surface area contributed by atoms with Crippen molar-refractivity contribution in [3.63, 3.8) is 0 Å². The van der Waals surface area contributed by atoms with Gasteiger partial charge in [-0.15, -0.1) is 0 Å². The maximum absolute atomic E-state index is 10.1. The molecule has 1 rings (SSSR count). The van der Waals surface area contributed by atoms with E-state index >= 15 is 0 Å². The second kappa shape index (κ2) is 5.84. The Morgan fingerprint density at radius 2 is 1.92 bits per heavy atom. The first-order valence-electron chi connectivity index (χ1n) is 3.07. The van der Waals surface area contributed by atoms with Crippen molar-refractivity contribution in [3.05, 3.63) is 35.9 Å². The largest absolute Gasteiger partial charge is 0.344 e. The Kier molecular flexibility index (Phi) is 5.48. The van der Waals surface area contributed by atoms with Gasteiger partial charge in [0.15, 0.2) is 0 Å². The van der Waals surface area contributed by atoms with Crippen LogP contribution in [0.5, 0.6) is 0 Å². The lowest BCUT2D eigenvalue weighted by Crippen LogP contribution is -1.94. The van der Waals surface area contributed by atoms with Gasteiger partial charge in [0.05, 0.1) is 6.61 Å². The SMILES string of the molecule is N.O=S(O)OCc1ccccc1. The Hall–Kier alpha value is -0.750. The lowest BCUT2D eigenvalue weighted by Gasteiger charge is -1.96. The van der Waals surface area contributed by atoms with Crippen LogP contribution in [-0.2, 0) is 22.2 Å². The molecule has 0 aliphatic carbocycles. The predicted molar refractivity (Wildman–Crippen MR) is 47.0 cm³/mol. The molecule has 0 aliphatic rings. The molecule has 0 saturated heterocycles. The highest BCUT2D eigenvalue weighted by molar-refractivity contribution is 7.74. The standard InChI is InChI=1S/C7H8O3S.H3N/c8-11(9)10-6-7-4-2-1-3-5-7;/h1-5H,6H2,(H,8,9);1H3. The van der Waals surface area contributed by atoms with Crippen molar-refractivity contribution in [3.8, 4) is 0 Å². The summed E-state index contributed by atoms with van der Waals surface area (Å²) >= 11 is -2.17. The van der Waals surface area contributed by atoms with E-state index in [-0.39, 0.29) is 12.8 Å². The maximum Gasteiger partial charge on any atom is 0.302 e. The van der Waals surface area contributed by atoms with Gasteiger partial charge in [0.25, 0.3) is 0 Å². The van der Waals surface area contributed by atoms with Gasteiger partial charge in [-0.1, -0.05) is 30.3 Å². The molecule has 0 aromatic heterocycles. The van der Waals surface area contributed by atoms with Gasteiger partial charge in [-0.05, 0) is 5.56 Å². The summed E-state index contributed by atoms with van der Waals surface area (Å²) in [7, 11) is 0. The minimum Gasteiger partial charge on any atom is -0.344 e. The second-order valence-electron chi connectivity index (χ2n) is 1.96. The van der Waals surface area contributed by atoms with Gasteiger partial charge in [-0.25, -0.2) is 0 Å². The molecule has 0 saturated carbocycles. The van der Waals surface area contributed by atoms with E-state index in [1.54, 1.807) is 0 Å². The Balaban J connectivity index is 0.00000121. The van der Waals surface area contributed by atoms with E-state index in [9.17, 15) is 4.21 Å². The maximum atomic E-state index is 10.1. The molecule has 0 amide bonds. The molecule has 1 atom stereocenters. The average molecular weight is 189 g/mol. The van der Waals surface area contributed by atoms with E-state index in [2.05, 4.69) is 4.18 Å². The summed E-state index contributed by atoms with van der Waals surface area (Å²) in [4.78, 5) is 0. The van der Waals surface area contributed by atoms with Crippen molar-refractivity contribution < 1.29 is 12.9 Å². The summed E-state index contributed by atoms with van der Waals surface area (Å²) in [6.07, 6.45) is 0. The molecule has 1 unspecified atom stereocenters. The molecule has 0 aliphatic heterocycles. The number of hydrogen-bond acceptors (Lipinski definition) is 3. The van der Waals surface area contributed by atoms with Crippen LogP contribution in [0.25, 0.3) is 0 Å². The normalized spacial score (nSPS) is 11.8. The number of rotatable bonds is 3. The highest BCUT2D eigenvalue weighted by Gasteiger charge is 1.94. The summed E-state index contributed by atoms with van der Waals surface area (Å²) in [6, 6.07) is 9.22. The van der Waals surface area contributed by atoms with Crippen molar-refractivity contribution >= 4 is 11.4 Å². The van der Waals surface area contributed by atoms with E-state index in [4.69, 9.17) is 4.55 Å². The average Bonchev–Trinajstić information content (AvgIpc) is 2.03. The molecule has 0 bridgehead atoms. The first-order valence-corrected chi connectivity index (χ1v) is 4.10. The fraction of sp³-hybridized carbons (Fsp3) is 0.143. The van der Waals surface area contributed by atoms with Gasteiger partial charge >= 0.3 is 11.4 Å². The second-order valence-corrected chi connectivity index (χ2v) is 2.63. The van der Waals surface area contributed by atoms with E-state index in [0.29, 0.717) is 0 Å². The molecule has 12 heavy (non-hydrogen) atoms. The zero-order chi connectivity index (χ0) is 8.10. The molecule has 4 N–H and O–H groups in total. The van der Waals surface area contributed by atoms with Crippen LogP contribution in [-0.4, -0.2) is 8.76 Å². The zero-order valence-electron chi connectivity index (χ0n) is 6.47. The van der Waals surface area contributed by atoms with Crippen LogP contribution in [0.4, 0.5) is 0 Å². The van der Waals surface area contributed by atoms with Gasteiger partial charge < -0.3 is 6.15 Å². The van der Waals surface area contributed by atoms with Crippen LogP contribution < -0.4 is 6.15 Å². The molecule has 0 fully saturated rings. The van der Waals surface area contributed by atoms with Crippen molar-refractivity contribution in [2.24, 2.45) is 0 Å². The molecular formula is C7H11NO3S. The molecule has 68 valence electrons. The van der Waals surface area contributed by atoms with Crippen LogP contribution >= 0.6 is 0 Å². The topological polar surface area (TPSA) is 81.5 Å². The van der Waals surface area contributed by atoms with E-state index < -0.39 is 11.4 Å². The van der Waals surface area contributed by atoms with Crippen LogP contribution in [0.3, 0.4) is 0 Å². The molecule has 0 radical (unpaired) electrons. The Morgan fingerprint density at radius 1 is 1.33 bits per heavy atom. The molecule has 1 aromatic carbocycles. The van der Waals surface area contributed by atoms with Crippen LogP contribution in [0, 0.1) is 0 Å². The third kappa shape index (κ3) is 4.20. The fourth-order valence-electron chi connectivity index (χ4n) is 0.693. The highest BCUT2D eigenvalue weighted by Crippen LogP contribution is 2.00. The predicted octanol–water partition coefficient (Wildman–Crippen LogP) is 1.50. The van der Waals surface area contributed by atoms with Crippen LogP contribution in [0.15, 0.2) is 30.3 Å². The molecule has 5 heteroatoms. The minimum atomic E-state index is -2.17. The van der Waals surface area contributed by atoms with E-state index in [1.807, 2.05) is 30.3 Å². The van der Waals surface area contributed by atoms with E-state index in [1.165, 1.54) is 0 Å². The molecule has 4 nitrogen and oxygen atoms in total. The van der Waals surface area contributed by atoms with Crippen LogP contribution in [0.1, 0.15) is 5.56 Å². The van der Waals surface area contributed by atoms with Gasteiger partial charge in [0.2, 0.25) is 0 Å². The highest BCUT2D eigenvalue weighted by atomic mass is 32.2. The summed E-state index contributed by atoms with van der Waals surface area (Å²) in [5, 5.41) is 0. The van der Waals surface area contributed by atoms with Crippen molar-refractivity contribution in [1.29, 1.82) is 0 Å². The van der Waals surface area contributed by atoms with E-state index in [0.717, 1.165) is 5.56 Å². The number of hydrogen-bond donors (Lipinski definition) is 2. The number of benzene rings is 1. The first-order chi connectivity index (χ1) is 5.29. The third-order valence-electron chi connectivity index (χ3n) is 1.17. The van der Waals surface area contributed by atoms with Gasteiger partial charge in [0, 0.05) is 0 Å². The zero-order valence-corrected chi connectivity index (χ0v) is 7.29. The lowest BCUT2D eigenvalue weighted by atomic mass is 10.2. The first kappa shape index (κ1) is 11.2. The monoisotopic (exact) mass is 189 g/mol. The summed E-state index contributed by atoms with van der Waals surface area (Å²) in [5.74, 6) is 0. The minimum absolute atomic E-state index is 0. The van der Waals surface area contributed by atoms with Gasteiger partial charge in [-0.2, -0.15) is 4.21 Å². The quantitative estimate of drug-likeness (QED) is 0.706. The summed E-state index contributed by atoms with van der Waals surface area (Å²) in [5.41, 5.74) is 0.884. The Bertz CT molecular complexity index is 240. The molecular weight excluding hydrogens is 178 g/mol. The molecule has 0 spiro atoms. The third-order valence-corrected chi connectivity index (χ3v) is 1.49. The Labute approximate surface area is 73.6 Å².